The number of carboxylic acids is 1. The van der Waals surface area contributed by atoms with Gasteiger partial charge in [0.15, 0.2) is 0 Å². The number of nitrogens with one attached hydrogen (secondary N) is 1. The first-order valence-corrected chi connectivity index (χ1v) is 6.43. The SMILES string of the molecule is CC(=O)NC(CSCCC(C)(C)C#N)C(=O)O. The molecule has 0 aliphatic rings. The predicted molar refractivity (Wildman–Crippen MR) is 66.6 cm³/mol. The van der Waals surface area contributed by atoms with Gasteiger partial charge in [-0.25, -0.2) is 4.79 Å². The maximum Gasteiger partial charge on any atom is 0.327 e. The molecule has 0 heterocycles. The number of hydrogen-bond donors (Lipinski definition) is 2. The Hall–Kier alpha value is -1.22. The molecule has 0 aromatic rings. The highest BCUT2D eigenvalue weighted by molar-refractivity contribution is 7.99. The highest BCUT2D eigenvalue weighted by Crippen LogP contribution is 2.21. The van der Waals surface area contributed by atoms with E-state index in [1.807, 2.05) is 13.8 Å². The number of carbonyl (C=O) groups is 2. The zero-order valence-electron chi connectivity index (χ0n) is 10.3. The summed E-state index contributed by atoms with van der Waals surface area (Å²) in [5.74, 6) is -0.372. The Bertz CT molecular complexity index is 323. The average Bonchev–Trinajstić information content (AvgIpc) is 2.21. The summed E-state index contributed by atoms with van der Waals surface area (Å²) in [5.41, 5.74) is -0.389. The van der Waals surface area contributed by atoms with Gasteiger partial charge in [-0.1, -0.05) is 0 Å². The van der Waals surface area contributed by atoms with E-state index in [1.165, 1.54) is 18.7 Å². The largest absolute Gasteiger partial charge is 0.480 e. The van der Waals surface area contributed by atoms with Crippen molar-refractivity contribution in [2.45, 2.75) is 33.2 Å². The molecular weight excluding hydrogens is 240 g/mol. The maximum atomic E-state index is 10.8. The molecule has 0 saturated heterocycles. The summed E-state index contributed by atoms with van der Waals surface area (Å²) in [7, 11) is 0. The van der Waals surface area contributed by atoms with E-state index in [-0.39, 0.29) is 11.3 Å². The second-order valence-electron chi connectivity index (χ2n) is 4.41. The molecule has 17 heavy (non-hydrogen) atoms. The third kappa shape index (κ3) is 7.64. The van der Waals surface area contributed by atoms with Gasteiger partial charge in [-0.2, -0.15) is 17.0 Å². The Balaban J connectivity index is 3.96. The second kappa shape index (κ2) is 7.17. The fourth-order valence-corrected chi connectivity index (χ4v) is 2.29. The molecule has 1 unspecified atom stereocenters. The third-order valence-electron chi connectivity index (χ3n) is 2.13. The summed E-state index contributed by atoms with van der Waals surface area (Å²) in [5, 5.41) is 20.0. The van der Waals surface area contributed by atoms with Crippen LogP contribution < -0.4 is 5.32 Å². The third-order valence-corrected chi connectivity index (χ3v) is 3.20. The van der Waals surface area contributed by atoms with Crippen molar-refractivity contribution in [2.24, 2.45) is 5.41 Å². The Morgan fingerprint density at radius 3 is 2.53 bits per heavy atom. The van der Waals surface area contributed by atoms with E-state index in [1.54, 1.807) is 0 Å². The van der Waals surface area contributed by atoms with Gasteiger partial charge in [-0.3, -0.25) is 4.79 Å². The van der Waals surface area contributed by atoms with E-state index >= 15 is 0 Å². The van der Waals surface area contributed by atoms with E-state index in [4.69, 9.17) is 10.4 Å². The highest BCUT2D eigenvalue weighted by atomic mass is 32.2. The first kappa shape index (κ1) is 15.8. The molecule has 0 spiro atoms. The van der Waals surface area contributed by atoms with Crippen molar-refractivity contribution in [3.63, 3.8) is 0 Å². The number of thioether (sulfide) groups is 1. The lowest BCUT2D eigenvalue weighted by Gasteiger charge is -2.16. The van der Waals surface area contributed by atoms with Crippen LogP contribution in [0.5, 0.6) is 0 Å². The molecule has 0 rings (SSSR count). The summed E-state index contributed by atoms with van der Waals surface area (Å²) in [6.45, 7) is 4.98. The second-order valence-corrected chi connectivity index (χ2v) is 5.56. The Kier molecular flexibility index (Phi) is 6.66. The molecule has 0 aromatic carbocycles. The number of nitrogens with zero attached hydrogens (tertiary/aromatic N) is 1. The molecule has 2 N–H and O–H groups in total. The number of nitriles is 1. The summed E-state index contributed by atoms with van der Waals surface area (Å²) < 4.78 is 0. The minimum atomic E-state index is -1.03. The molecule has 0 aliphatic heterocycles. The van der Waals surface area contributed by atoms with Gasteiger partial charge in [0.05, 0.1) is 11.5 Å². The number of rotatable bonds is 7. The number of hydrogen-bond acceptors (Lipinski definition) is 4. The minimum absolute atomic E-state index is 0.316. The summed E-state index contributed by atoms with van der Waals surface area (Å²) in [4.78, 5) is 21.6. The van der Waals surface area contributed by atoms with Gasteiger partial charge in [-0.05, 0) is 26.0 Å². The van der Waals surface area contributed by atoms with Crippen molar-refractivity contribution in [3.8, 4) is 6.07 Å². The van der Waals surface area contributed by atoms with Crippen molar-refractivity contribution in [2.75, 3.05) is 11.5 Å². The molecule has 0 radical (unpaired) electrons. The van der Waals surface area contributed by atoms with Crippen LogP contribution in [-0.4, -0.2) is 34.5 Å². The number of amides is 1. The quantitative estimate of drug-likeness (QED) is 0.671. The number of carboxylic acid groups (broad SMARTS) is 1. The molecular formula is C11H18N2O3S. The molecule has 0 fully saturated rings. The summed E-state index contributed by atoms with van der Waals surface area (Å²) in [6, 6.07) is 1.33. The monoisotopic (exact) mass is 258 g/mol. The molecule has 0 saturated carbocycles. The van der Waals surface area contributed by atoms with Gasteiger partial charge in [0.1, 0.15) is 6.04 Å². The van der Waals surface area contributed by atoms with Crippen molar-refractivity contribution < 1.29 is 14.7 Å². The lowest BCUT2D eigenvalue weighted by Crippen LogP contribution is -2.41. The molecule has 0 aliphatic carbocycles. The standard InChI is InChI=1S/C11H18N2O3S/c1-8(14)13-9(10(15)16)6-17-5-4-11(2,3)7-12/h9H,4-6H2,1-3H3,(H,13,14)(H,15,16). The van der Waals surface area contributed by atoms with E-state index in [0.29, 0.717) is 17.9 Å². The Labute approximate surface area is 106 Å². The van der Waals surface area contributed by atoms with Gasteiger partial charge in [-0.15, -0.1) is 0 Å². The van der Waals surface area contributed by atoms with Crippen LogP contribution in [0.25, 0.3) is 0 Å². The van der Waals surface area contributed by atoms with Crippen LogP contribution in [0.15, 0.2) is 0 Å². The van der Waals surface area contributed by atoms with Gasteiger partial charge in [0.25, 0.3) is 0 Å². The average molecular weight is 258 g/mol. The molecule has 6 heteroatoms. The van der Waals surface area contributed by atoms with Crippen LogP contribution in [0.4, 0.5) is 0 Å². The molecule has 1 atom stereocenters. The topological polar surface area (TPSA) is 90.2 Å². The van der Waals surface area contributed by atoms with Crippen LogP contribution in [0.1, 0.15) is 27.2 Å². The van der Waals surface area contributed by atoms with E-state index in [9.17, 15) is 9.59 Å². The lowest BCUT2D eigenvalue weighted by atomic mass is 9.93. The fraction of sp³-hybridized carbons (Fsp3) is 0.727. The van der Waals surface area contributed by atoms with Gasteiger partial charge in [0, 0.05) is 12.7 Å². The number of aliphatic carboxylic acids is 1. The molecule has 96 valence electrons. The highest BCUT2D eigenvalue weighted by Gasteiger charge is 2.20. The van der Waals surface area contributed by atoms with Crippen molar-refractivity contribution in [1.29, 1.82) is 5.26 Å². The first-order valence-electron chi connectivity index (χ1n) is 5.27. The molecule has 5 nitrogen and oxygen atoms in total. The van der Waals surface area contributed by atoms with Crippen LogP contribution in [0, 0.1) is 16.7 Å². The van der Waals surface area contributed by atoms with Crippen molar-refractivity contribution >= 4 is 23.6 Å². The Morgan fingerprint density at radius 1 is 1.53 bits per heavy atom. The molecule has 0 aromatic heterocycles. The first-order chi connectivity index (χ1) is 7.78. The predicted octanol–water partition coefficient (Wildman–Crippen LogP) is 1.25. The maximum absolute atomic E-state index is 10.8. The van der Waals surface area contributed by atoms with Crippen LogP contribution in [-0.2, 0) is 9.59 Å². The molecule has 0 bridgehead atoms. The smallest absolute Gasteiger partial charge is 0.327 e. The van der Waals surface area contributed by atoms with Gasteiger partial charge < -0.3 is 10.4 Å². The normalized spacial score (nSPS) is 12.6. The summed E-state index contributed by atoms with van der Waals surface area (Å²) in [6.07, 6.45) is 0.695. The van der Waals surface area contributed by atoms with Crippen molar-refractivity contribution in [3.05, 3.63) is 0 Å². The number of carbonyl (C=O) groups excluding carboxylic acids is 1. The molecule has 1 amide bonds. The van der Waals surface area contributed by atoms with E-state index < -0.39 is 12.0 Å². The minimum Gasteiger partial charge on any atom is -0.480 e. The zero-order valence-corrected chi connectivity index (χ0v) is 11.1. The van der Waals surface area contributed by atoms with Crippen LogP contribution in [0.2, 0.25) is 0 Å². The lowest BCUT2D eigenvalue weighted by molar-refractivity contribution is -0.140. The fourth-order valence-electron chi connectivity index (χ4n) is 1.00. The van der Waals surface area contributed by atoms with Crippen LogP contribution >= 0.6 is 11.8 Å². The Morgan fingerprint density at radius 2 is 2.12 bits per heavy atom. The van der Waals surface area contributed by atoms with E-state index in [0.717, 1.165) is 0 Å². The van der Waals surface area contributed by atoms with Crippen LogP contribution in [0.3, 0.4) is 0 Å². The van der Waals surface area contributed by atoms with Crippen molar-refractivity contribution in [1.82, 2.24) is 5.32 Å². The van der Waals surface area contributed by atoms with Gasteiger partial charge in [0.2, 0.25) is 5.91 Å². The summed E-state index contributed by atoms with van der Waals surface area (Å²) >= 11 is 1.43. The van der Waals surface area contributed by atoms with Gasteiger partial charge >= 0.3 is 5.97 Å². The van der Waals surface area contributed by atoms with E-state index in [2.05, 4.69) is 11.4 Å². The zero-order chi connectivity index (χ0) is 13.5.